The third kappa shape index (κ3) is 3.98. The molecule has 4 heteroatoms. The molecule has 1 amide bonds. The second-order valence-electron chi connectivity index (χ2n) is 7.17. The molecule has 0 aromatic carbocycles. The van der Waals surface area contributed by atoms with E-state index in [1.54, 1.807) is 0 Å². The van der Waals surface area contributed by atoms with Gasteiger partial charge in [-0.25, -0.2) is 0 Å². The van der Waals surface area contributed by atoms with E-state index in [1.807, 2.05) is 0 Å². The normalized spacial score (nSPS) is 29.5. The number of nitrogens with one attached hydrogen (secondary N) is 2. The molecule has 21 heavy (non-hydrogen) atoms. The van der Waals surface area contributed by atoms with Crippen LogP contribution in [0.25, 0.3) is 0 Å². The number of nitrogens with zero attached hydrogens (tertiary/aromatic N) is 1. The molecular formula is C17H31N3O. The number of hydrogen-bond donors (Lipinski definition) is 2. The summed E-state index contributed by atoms with van der Waals surface area (Å²) in [6, 6.07) is 1.16. The van der Waals surface area contributed by atoms with E-state index in [-0.39, 0.29) is 6.04 Å². The highest BCUT2D eigenvalue weighted by Gasteiger charge is 2.36. The van der Waals surface area contributed by atoms with Crippen molar-refractivity contribution < 1.29 is 4.79 Å². The summed E-state index contributed by atoms with van der Waals surface area (Å²) >= 11 is 0. The maximum absolute atomic E-state index is 12.7. The van der Waals surface area contributed by atoms with E-state index in [1.165, 1.54) is 38.5 Å². The van der Waals surface area contributed by atoms with Crippen molar-refractivity contribution in [3.05, 3.63) is 0 Å². The standard InChI is InChI=1S/C17H31N3O/c1-2-14(12-13-5-6-13)19-17(21)16-4-3-11-20(16)15-7-9-18-10-8-15/h13-16,18H,2-12H2,1H3,(H,19,21). The van der Waals surface area contributed by atoms with Gasteiger partial charge in [0, 0.05) is 12.1 Å². The molecule has 1 saturated carbocycles. The Kier molecular flexibility index (Phi) is 5.17. The Bertz CT molecular complexity index is 350. The number of hydrogen-bond acceptors (Lipinski definition) is 3. The molecule has 2 N–H and O–H groups in total. The molecule has 0 spiro atoms. The lowest BCUT2D eigenvalue weighted by atomic mass is 10.0. The minimum Gasteiger partial charge on any atom is -0.352 e. The lowest BCUT2D eigenvalue weighted by Crippen LogP contribution is -2.52. The molecule has 0 bridgehead atoms. The van der Waals surface area contributed by atoms with Crippen LogP contribution < -0.4 is 10.6 Å². The predicted octanol–water partition coefficient (Wildman–Crippen LogP) is 1.90. The Morgan fingerprint density at radius 3 is 2.67 bits per heavy atom. The zero-order chi connectivity index (χ0) is 14.7. The molecule has 0 radical (unpaired) electrons. The first kappa shape index (κ1) is 15.3. The van der Waals surface area contributed by atoms with Crippen LogP contribution in [0.15, 0.2) is 0 Å². The number of carbonyl (C=O) groups excluding carboxylic acids is 1. The smallest absolute Gasteiger partial charge is 0.237 e. The highest BCUT2D eigenvalue weighted by molar-refractivity contribution is 5.82. The van der Waals surface area contributed by atoms with Gasteiger partial charge in [0.2, 0.25) is 5.91 Å². The molecule has 2 heterocycles. The Balaban J connectivity index is 1.54. The molecule has 2 unspecified atom stereocenters. The fourth-order valence-corrected chi connectivity index (χ4v) is 4.03. The number of piperidine rings is 1. The van der Waals surface area contributed by atoms with E-state index in [2.05, 4.69) is 22.5 Å². The molecule has 1 aliphatic carbocycles. The van der Waals surface area contributed by atoms with Crippen molar-refractivity contribution in [2.75, 3.05) is 19.6 Å². The van der Waals surface area contributed by atoms with Crippen molar-refractivity contribution in [3.8, 4) is 0 Å². The summed E-state index contributed by atoms with van der Waals surface area (Å²) in [6.07, 6.45) is 9.64. The molecule has 3 fully saturated rings. The maximum atomic E-state index is 12.7. The SMILES string of the molecule is CCC(CC1CC1)NC(=O)C1CCCN1C1CCNCC1. The van der Waals surface area contributed by atoms with Gasteiger partial charge in [-0.2, -0.15) is 0 Å². The van der Waals surface area contributed by atoms with Gasteiger partial charge in [0.25, 0.3) is 0 Å². The number of amides is 1. The molecule has 4 nitrogen and oxygen atoms in total. The Hall–Kier alpha value is -0.610. The summed E-state index contributed by atoms with van der Waals surface area (Å²) < 4.78 is 0. The van der Waals surface area contributed by atoms with Crippen LogP contribution in [-0.2, 0) is 4.79 Å². The summed E-state index contributed by atoms with van der Waals surface area (Å²) in [7, 11) is 0. The van der Waals surface area contributed by atoms with Crippen LogP contribution in [-0.4, -0.2) is 48.6 Å². The second kappa shape index (κ2) is 7.10. The van der Waals surface area contributed by atoms with Gasteiger partial charge in [-0.1, -0.05) is 19.8 Å². The zero-order valence-electron chi connectivity index (χ0n) is 13.4. The minimum absolute atomic E-state index is 0.140. The summed E-state index contributed by atoms with van der Waals surface area (Å²) in [4.78, 5) is 15.2. The van der Waals surface area contributed by atoms with Gasteiger partial charge in [0.15, 0.2) is 0 Å². The first-order chi connectivity index (χ1) is 10.3. The molecule has 3 rings (SSSR count). The third-order valence-corrected chi connectivity index (χ3v) is 5.53. The van der Waals surface area contributed by atoms with E-state index < -0.39 is 0 Å². The van der Waals surface area contributed by atoms with Crippen molar-refractivity contribution >= 4 is 5.91 Å². The van der Waals surface area contributed by atoms with Gasteiger partial charge < -0.3 is 10.6 Å². The van der Waals surface area contributed by atoms with E-state index >= 15 is 0 Å². The van der Waals surface area contributed by atoms with Crippen LogP contribution in [0.5, 0.6) is 0 Å². The van der Waals surface area contributed by atoms with Gasteiger partial charge in [0.05, 0.1) is 6.04 Å². The lowest BCUT2D eigenvalue weighted by Gasteiger charge is -2.35. The Morgan fingerprint density at radius 1 is 1.24 bits per heavy atom. The third-order valence-electron chi connectivity index (χ3n) is 5.53. The molecule has 0 aromatic heterocycles. The van der Waals surface area contributed by atoms with Gasteiger partial charge in [-0.3, -0.25) is 9.69 Å². The maximum Gasteiger partial charge on any atom is 0.237 e. The summed E-state index contributed by atoms with van der Waals surface area (Å²) in [5, 5.41) is 6.78. The Morgan fingerprint density at radius 2 is 2.00 bits per heavy atom. The minimum atomic E-state index is 0.140. The largest absolute Gasteiger partial charge is 0.352 e. The van der Waals surface area contributed by atoms with Crippen LogP contribution >= 0.6 is 0 Å². The molecule has 2 atom stereocenters. The topological polar surface area (TPSA) is 44.4 Å². The van der Waals surface area contributed by atoms with Crippen LogP contribution in [0.2, 0.25) is 0 Å². The first-order valence-corrected chi connectivity index (χ1v) is 9.04. The Labute approximate surface area is 129 Å². The van der Waals surface area contributed by atoms with E-state index in [9.17, 15) is 4.79 Å². The van der Waals surface area contributed by atoms with Crippen molar-refractivity contribution in [1.82, 2.24) is 15.5 Å². The number of rotatable bonds is 6. The summed E-state index contributed by atoms with van der Waals surface area (Å²) in [5.74, 6) is 1.19. The van der Waals surface area contributed by atoms with Crippen molar-refractivity contribution in [3.63, 3.8) is 0 Å². The molecule has 120 valence electrons. The lowest BCUT2D eigenvalue weighted by molar-refractivity contribution is -0.127. The number of carbonyl (C=O) groups is 1. The van der Waals surface area contributed by atoms with E-state index in [0.717, 1.165) is 38.4 Å². The molecule has 0 aromatic rings. The first-order valence-electron chi connectivity index (χ1n) is 9.04. The van der Waals surface area contributed by atoms with Crippen LogP contribution in [0.1, 0.15) is 58.3 Å². The van der Waals surface area contributed by atoms with Gasteiger partial charge in [-0.05, 0) is 64.1 Å². The fourth-order valence-electron chi connectivity index (χ4n) is 4.03. The number of likely N-dealkylation sites (tertiary alicyclic amines) is 1. The van der Waals surface area contributed by atoms with Crippen LogP contribution in [0.4, 0.5) is 0 Å². The van der Waals surface area contributed by atoms with Crippen LogP contribution in [0.3, 0.4) is 0 Å². The fraction of sp³-hybridized carbons (Fsp3) is 0.941. The predicted molar refractivity (Wildman–Crippen MR) is 85.2 cm³/mol. The van der Waals surface area contributed by atoms with Crippen molar-refractivity contribution in [1.29, 1.82) is 0 Å². The highest BCUT2D eigenvalue weighted by Crippen LogP contribution is 2.34. The van der Waals surface area contributed by atoms with Gasteiger partial charge >= 0.3 is 0 Å². The van der Waals surface area contributed by atoms with E-state index in [4.69, 9.17) is 0 Å². The average molecular weight is 293 g/mol. The summed E-state index contributed by atoms with van der Waals surface area (Å²) in [5.41, 5.74) is 0. The second-order valence-corrected chi connectivity index (χ2v) is 7.17. The molecular weight excluding hydrogens is 262 g/mol. The summed E-state index contributed by atoms with van der Waals surface area (Å²) in [6.45, 7) is 5.53. The zero-order valence-corrected chi connectivity index (χ0v) is 13.4. The molecule has 3 aliphatic rings. The molecule has 2 aliphatic heterocycles. The quantitative estimate of drug-likeness (QED) is 0.786. The average Bonchev–Trinajstić information content (AvgIpc) is 3.19. The van der Waals surface area contributed by atoms with Crippen molar-refractivity contribution in [2.45, 2.75) is 76.4 Å². The van der Waals surface area contributed by atoms with Crippen molar-refractivity contribution in [2.24, 2.45) is 5.92 Å². The molecule has 2 saturated heterocycles. The van der Waals surface area contributed by atoms with E-state index in [0.29, 0.717) is 18.0 Å². The van der Waals surface area contributed by atoms with Crippen LogP contribution in [0, 0.1) is 5.92 Å². The van der Waals surface area contributed by atoms with Gasteiger partial charge in [-0.15, -0.1) is 0 Å². The highest BCUT2D eigenvalue weighted by atomic mass is 16.2. The monoisotopic (exact) mass is 293 g/mol. The van der Waals surface area contributed by atoms with Gasteiger partial charge in [0.1, 0.15) is 0 Å².